The number of hydrogen-bond donors (Lipinski definition) is 1. The molecular weight excluding hydrogens is 581 g/mol. The second-order valence-corrected chi connectivity index (χ2v) is 11.4. The number of imidazole rings is 1. The number of aromatic nitrogens is 2. The normalized spacial score (nSPS) is 21.0. The Hall–Kier alpha value is -3.02. The van der Waals surface area contributed by atoms with Gasteiger partial charge in [-0.05, 0) is 42.8 Å². The van der Waals surface area contributed by atoms with E-state index < -0.39 is 11.9 Å². The van der Waals surface area contributed by atoms with Gasteiger partial charge < -0.3 is 33.7 Å². The number of nitrogens with zero attached hydrogens (tertiary/aromatic N) is 5. The Morgan fingerprint density at radius 3 is 2.60 bits per heavy atom. The van der Waals surface area contributed by atoms with Crippen molar-refractivity contribution in [1.29, 1.82) is 0 Å². The third kappa shape index (κ3) is 7.48. The van der Waals surface area contributed by atoms with Gasteiger partial charge in [0.05, 0.1) is 24.5 Å². The minimum absolute atomic E-state index is 0.303. The van der Waals surface area contributed by atoms with Crippen molar-refractivity contribution in [1.82, 2.24) is 19.4 Å². The molecule has 1 amide bonds. The molecule has 0 saturated carbocycles. The Morgan fingerprint density at radius 1 is 1.14 bits per heavy atom. The largest absolute Gasteiger partial charge is 0.491 e. The number of rotatable bonds is 12. The molecule has 2 aliphatic rings. The highest BCUT2D eigenvalue weighted by atomic mass is 35.5. The number of ether oxygens (including phenoxy) is 3. The summed E-state index contributed by atoms with van der Waals surface area (Å²) in [5, 5.41) is 10.4. The Labute approximate surface area is 256 Å². The monoisotopic (exact) mass is 617 g/mol. The predicted molar refractivity (Wildman–Crippen MR) is 162 cm³/mol. The molecule has 12 heteroatoms. The zero-order valence-electron chi connectivity index (χ0n) is 23.7. The minimum atomic E-state index is -1.09. The van der Waals surface area contributed by atoms with Crippen LogP contribution in [0.4, 0.5) is 10.5 Å². The molecule has 0 bridgehead atoms. The molecule has 2 aromatic carbocycles. The number of hydrogen-bond acceptors (Lipinski definition) is 7. The molecule has 2 fully saturated rings. The molecule has 3 aromatic rings. The second kappa shape index (κ2) is 14.0. The second-order valence-electron chi connectivity index (χ2n) is 10.6. The Kier molecular flexibility index (Phi) is 10.1. The minimum Gasteiger partial charge on any atom is -0.491 e. The zero-order chi connectivity index (χ0) is 29.5. The van der Waals surface area contributed by atoms with Gasteiger partial charge in [0.25, 0.3) is 0 Å². The standard InChI is InChI=1S/C30H37Cl2N5O5/c1-2-10-37(29(38)39)17-14-34-12-15-36(16-13-34)24-4-6-25(7-5-24)40-19-26-20-41-30(42-26,21-35-11-9-33-22-35)27-8-3-23(31)18-28(27)32/h3-9,11,18,22,26H,2,10,12-17,19-21H2,1H3,(H,38,39). The van der Waals surface area contributed by atoms with E-state index in [0.29, 0.717) is 48.5 Å². The van der Waals surface area contributed by atoms with E-state index in [1.807, 2.05) is 35.9 Å². The molecule has 0 radical (unpaired) electrons. The van der Waals surface area contributed by atoms with E-state index in [4.69, 9.17) is 37.4 Å². The van der Waals surface area contributed by atoms with E-state index in [1.165, 1.54) is 4.90 Å². The van der Waals surface area contributed by atoms with Crippen LogP contribution in [0.2, 0.25) is 10.0 Å². The Morgan fingerprint density at radius 2 is 1.93 bits per heavy atom. The van der Waals surface area contributed by atoms with Crippen LogP contribution >= 0.6 is 23.2 Å². The lowest BCUT2D eigenvalue weighted by molar-refractivity contribution is -0.189. The number of anilines is 1. The smallest absolute Gasteiger partial charge is 0.407 e. The maximum Gasteiger partial charge on any atom is 0.407 e. The summed E-state index contributed by atoms with van der Waals surface area (Å²) in [4.78, 5) is 21.7. The molecule has 2 aliphatic heterocycles. The molecule has 0 spiro atoms. The molecule has 42 heavy (non-hydrogen) atoms. The highest BCUT2D eigenvalue weighted by Crippen LogP contribution is 2.40. The van der Waals surface area contributed by atoms with Crippen molar-refractivity contribution in [2.75, 3.05) is 63.9 Å². The summed E-state index contributed by atoms with van der Waals surface area (Å²) in [5.41, 5.74) is 1.84. The molecular formula is C30H37Cl2N5O5. The van der Waals surface area contributed by atoms with Crippen LogP contribution in [0.5, 0.6) is 5.75 Å². The van der Waals surface area contributed by atoms with Gasteiger partial charge in [-0.25, -0.2) is 9.78 Å². The average molecular weight is 619 g/mol. The molecule has 3 heterocycles. The lowest BCUT2D eigenvalue weighted by Crippen LogP contribution is -2.49. The summed E-state index contributed by atoms with van der Waals surface area (Å²) in [6, 6.07) is 13.4. The van der Waals surface area contributed by atoms with Gasteiger partial charge in [-0.2, -0.15) is 0 Å². The van der Waals surface area contributed by atoms with Gasteiger partial charge in [0.15, 0.2) is 0 Å². The van der Waals surface area contributed by atoms with Crippen molar-refractivity contribution in [3.05, 3.63) is 76.8 Å². The van der Waals surface area contributed by atoms with Crippen LogP contribution in [-0.4, -0.2) is 95.7 Å². The first-order chi connectivity index (χ1) is 20.3. The van der Waals surface area contributed by atoms with Gasteiger partial charge in [-0.15, -0.1) is 0 Å². The van der Waals surface area contributed by atoms with Crippen molar-refractivity contribution in [3.63, 3.8) is 0 Å². The van der Waals surface area contributed by atoms with Gasteiger partial charge in [0.1, 0.15) is 18.5 Å². The lowest BCUT2D eigenvalue weighted by Gasteiger charge is -2.36. The third-order valence-electron chi connectivity index (χ3n) is 7.61. The van der Waals surface area contributed by atoms with Gasteiger partial charge in [-0.1, -0.05) is 36.2 Å². The van der Waals surface area contributed by atoms with Crippen LogP contribution in [0.1, 0.15) is 18.9 Å². The Balaban J connectivity index is 1.13. The number of amides is 1. The van der Waals surface area contributed by atoms with Gasteiger partial charge in [-0.3, -0.25) is 4.90 Å². The van der Waals surface area contributed by atoms with Gasteiger partial charge in [0.2, 0.25) is 5.79 Å². The molecule has 2 saturated heterocycles. The van der Waals surface area contributed by atoms with E-state index in [-0.39, 0.29) is 6.10 Å². The molecule has 10 nitrogen and oxygen atoms in total. The summed E-state index contributed by atoms with van der Waals surface area (Å²) >= 11 is 12.7. The fraction of sp³-hybridized carbons (Fsp3) is 0.467. The van der Waals surface area contributed by atoms with E-state index >= 15 is 0 Å². The summed E-state index contributed by atoms with van der Waals surface area (Å²) < 4.78 is 20.7. The van der Waals surface area contributed by atoms with Crippen molar-refractivity contribution < 1.29 is 24.1 Å². The van der Waals surface area contributed by atoms with Crippen LogP contribution in [0.3, 0.4) is 0 Å². The number of halogens is 2. The van der Waals surface area contributed by atoms with E-state index in [1.54, 1.807) is 24.7 Å². The van der Waals surface area contributed by atoms with Crippen LogP contribution in [0, 0.1) is 0 Å². The van der Waals surface area contributed by atoms with Crippen molar-refractivity contribution in [3.8, 4) is 5.75 Å². The van der Waals surface area contributed by atoms with E-state index in [0.717, 1.165) is 50.6 Å². The highest BCUT2D eigenvalue weighted by molar-refractivity contribution is 6.35. The molecule has 1 aromatic heterocycles. The SMILES string of the molecule is CCCN(CCN1CCN(c2ccc(OCC3COC(Cn4ccnc4)(c4ccc(Cl)cc4Cl)O3)cc2)CC1)C(=O)O. The number of piperazine rings is 1. The highest BCUT2D eigenvalue weighted by Gasteiger charge is 2.45. The average Bonchev–Trinajstić information content (AvgIpc) is 3.65. The van der Waals surface area contributed by atoms with E-state index in [2.05, 4.69) is 26.9 Å². The quantitative estimate of drug-likeness (QED) is 0.302. The maximum atomic E-state index is 11.4. The summed E-state index contributed by atoms with van der Waals surface area (Å²) in [5.74, 6) is -0.341. The number of carboxylic acid groups (broad SMARTS) is 1. The van der Waals surface area contributed by atoms with E-state index in [9.17, 15) is 9.90 Å². The fourth-order valence-electron chi connectivity index (χ4n) is 5.38. The van der Waals surface area contributed by atoms with Crippen LogP contribution in [-0.2, 0) is 21.8 Å². The topological polar surface area (TPSA) is 92.5 Å². The lowest BCUT2D eigenvalue weighted by atomic mass is 10.1. The van der Waals surface area contributed by atoms with Crippen molar-refractivity contribution >= 4 is 35.0 Å². The fourth-order valence-corrected chi connectivity index (χ4v) is 5.93. The van der Waals surface area contributed by atoms with Crippen LogP contribution in [0.15, 0.2) is 61.2 Å². The molecule has 226 valence electrons. The molecule has 2 unspecified atom stereocenters. The summed E-state index contributed by atoms with van der Waals surface area (Å²) in [7, 11) is 0. The zero-order valence-corrected chi connectivity index (χ0v) is 25.2. The van der Waals surface area contributed by atoms with Crippen molar-refractivity contribution in [2.24, 2.45) is 0 Å². The first-order valence-electron chi connectivity index (χ1n) is 14.3. The van der Waals surface area contributed by atoms with Crippen molar-refractivity contribution in [2.45, 2.75) is 31.8 Å². The van der Waals surface area contributed by atoms with Gasteiger partial charge >= 0.3 is 6.09 Å². The first kappa shape index (κ1) is 30.4. The van der Waals surface area contributed by atoms with Gasteiger partial charge in [0, 0.05) is 74.5 Å². The molecule has 5 rings (SSSR count). The third-order valence-corrected chi connectivity index (χ3v) is 8.16. The summed E-state index contributed by atoms with van der Waals surface area (Å²) in [6.45, 7) is 8.49. The maximum absolute atomic E-state index is 11.4. The number of carbonyl (C=O) groups is 1. The molecule has 0 aliphatic carbocycles. The predicted octanol–water partition coefficient (Wildman–Crippen LogP) is 5.05. The number of benzene rings is 2. The molecule has 2 atom stereocenters. The Bertz CT molecular complexity index is 1300. The first-order valence-corrected chi connectivity index (χ1v) is 15.0. The van der Waals surface area contributed by atoms with Crippen LogP contribution in [0.25, 0.3) is 0 Å². The summed E-state index contributed by atoms with van der Waals surface area (Å²) in [6.07, 6.45) is 4.95. The van der Waals surface area contributed by atoms with Crippen LogP contribution < -0.4 is 9.64 Å². The molecule has 1 N–H and O–H groups in total.